The second-order valence-electron chi connectivity index (χ2n) is 1.98. The normalized spacial score (nSPS) is 18.0. The van der Waals surface area contributed by atoms with Crippen LogP contribution in [0.3, 0.4) is 0 Å². The molecule has 0 unspecified atom stereocenters. The molecule has 0 radical (unpaired) electrons. The smallest absolute Gasteiger partial charge is 0.270 e. The van der Waals surface area contributed by atoms with E-state index < -0.39 is 0 Å². The molecule has 3 nitrogen and oxygen atoms in total. The first-order chi connectivity index (χ1) is 5.15. The highest BCUT2D eigenvalue weighted by molar-refractivity contribution is 6.43. The van der Waals surface area contributed by atoms with Crippen LogP contribution in [-0.2, 0) is 4.79 Å². The molecule has 1 rings (SSSR count). The number of rotatable bonds is 1. The van der Waals surface area contributed by atoms with Gasteiger partial charge in [-0.05, 0) is 0 Å². The minimum absolute atomic E-state index is 0.0902. The number of amides is 1. The van der Waals surface area contributed by atoms with Crippen molar-refractivity contribution in [3.05, 3.63) is 23.1 Å². The number of hydrogen-bond acceptors (Lipinski definition) is 2. The lowest BCUT2D eigenvalue weighted by atomic mass is 10.3. The van der Waals surface area contributed by atoms with Crippen molar-refractivity contribution < 1.29 is 4.79 Å². The first-order valence-electron chi connectivity index (χ1n) is 2.87. The van der Waals surface area contributed by atoms with Crippen LogP contribution in [0.1, 0.15) is 0 Å². The number of carbonyl (C=O) groups excluding carboxylic acids is 1. The number of hydrogen-bond donors (Lipinski definition) is 2. The summed E-state index contributed by atoms with van der Waals surface area (Å²) in [4.78, 5) is 10.9. The molecule has 1 heterocycles. The van der Waals surface area contributed by atoms with Crippen LogP contribution in [0, 0.1) is 0 Å². The van der Waals surface area contributed by atoms with Crippen molar-refractivity contribution in [3.8, 4) is 0 Å². The summed E-state index contributed by atoms with van der Waals surface area (Å²) in [5.41, 5.74) is 0.488. The van der Waals surface area contributed by atoms with Crippen molar-refractivity contribution in [2.45, 2.75) is 0 Å². The summed E-state index contributed by atoms with van der Waals surface area (Å²) in [6.07, 6.45) is 0. The van der Waals surface area contributed by atoms with Crippen LogP contribution in [0.5, 0.6) is 0 Å². The largest absolute Gasteiger partial charge is 0.343 e. The van der Waals surface area contributed by atoms with Gasteiger partial charge in [-0.25, -0.2) is 0 Å². The molecule has 0 aromatic rings. The van der Waals surface area contributed by atoms with Gasteiger partial charge >= 0.3 is 0 Å². The van der Waals surface area contributed by atoms with Gasteiger partial charge in [0.2, 0.25) is 0 Å². The molecule has 0 spiro atoms. The van der Waals surface area contributed by atoms with E-state index in [2.05, 4.69) is 17.2 Å². The fourth-order valence-corrected chi connectivity index (χ4v) is 1.12. The Morgan fingerprint density at radius 1 is 1.45 bits per heavy atom. The molecule has 2 N–H and O–H groups in total. The number of allylic oxidation sites excluding steroid dienone is 1. The Kier molecular flexibility index (Phi) is 2.42. The van der Waals surface area contributed by atoms with Gasteiger partial charge in [0.1, 0.15) is 10.9 Å². The van der Waals surface area contributed by atoms with Gasteiger partial charge in [-0.2, -0.15) is 0 Å². The minimum Gasteiger partial charge on any atom is -0.343 e. The molecule has 1 amide bonds. The fourth-order valence-electron chi connectivity index (χ4n) is 0.689. The minimum atomic E-state index is -0.369. The first-order valence-corrected chi connectivity index (χ1v) is 3.78. The number of halogens is 2. The molecule has 60 valence electrons. The average molecular weight is 193 g/mol. The van der Waals surface area contributed by atoms with E-state index in [1.807, 2.05) is 0 Å². The summed E-state index contributed by atoms with van der Waals surface area (Å²) in [7, 11) is 0. The van der Waals surface area contributed by atoms with Crippen molar-refractivity contribution >= 4 is 29.1 Å². The highest BCUT2D eigenvalue weighted by Gasteiger charge is 2.18. The van der Waals surface area contributed by atoms with Crippen LogP contribution >= 0.6 is 23.2 Å². The topological polar surface area (TPSA) is 41.1 Å². The second kappa shape index (κ2) is 3.15. The van der Waals surface area contributed by atoms with Gasteiger partial charge in [0, 0.05) is 0 Å². The molecule has 0 saturated heterocycles. The number of alkyl halides is 1. The molecule has 0 aliphatic carbocycles. The maximum atomic E-state index is 10.9. The Morgan fingerprint density at radius 3 is 2.64 bits per heavy atom. The predicted molar refractivity (Wildman–Crippen MR) is 44.0 cm³/mol. The Balaban J connectivity index is 2.94. The highest BCUT2D eigenvalue weighted by Crippen LogP contribution is 2.13. The van der Waals surface area contributed by atoms with E-state index >= 15 is 0 Å². The molecule has 5 heteroatoms. The lowest BCUT2D eigenvalue weighted by molar-refractivity contribution is -0.116. The zero-order chi connectivity index (χ0) is 8.43. The van der Waals surface area contributed by atoms with Gasteiger partial charge in [0.25, 0.3) is 5.91 Å². The zero-order valence-electron chi connectivity index (χ0n) is 5.58. The van der Waals surface area contributed by atoms with E-state index in [0.29, 0.717) is 11.5 Å². The third kappa shape index (κ3) is 1.67. The van der Waals surface area contributed by atoms with E-state index in [0.717, 1.165) is 0 Å². The first kappa shape index (κ1) is 8.43. The Hall–Kier alpha value is -0.670. The van der Waals surface area contributed by atoms with Gasteiger partial charge in [-0.3, -0.25) is 4.79 Å². The third-order valence-corrected chi connectivity index (χ3v) is 1.83. The van der Waals surface area contributed by atoms with E-state index in [9.17, 15) is 4.79 Å². The van der Waals surface area contributed by atoms with E-state index in [1.54, 1.807) is 0 Å². The van der Waals surface area contributed by atoms with Crippen LogP contribution in [-0.4, -0.2) is 11.8 Å². The SMILES string of the molecule is C=C1NC(=O)C(Cl)=C(CCl)N1. The van der Waals surface area contributed by atoms with Crippen molar-refractivity contribution in [3.63, 3.8) is 0 Å². The average Bonchev–Trinajstić information content (AvgIpc) is 1.96. The van der Waals surface area contributed by atoms with Crippen LogP contribution < -0.4 is 10.6 Å². The Morgan fingerprint density at radius 2 is 2.09 bits per heavy atom. The molecule has 1 aliphatic rings. The molecule has 0 bridgehead atoms. The fraction of sp³-hybridized carbons (Fsp3) is 0.167. The lowest BCUT2D eigenvalue weighted by Crippen LogP contribution is -2.37. The lowest BCUT2D eigenvalue weighted by Gasteiger charge is -2.18. The molecule has 1 aliphatic heterocycles. The number of carbonyl (C=O) groups is 1. The Labute approximate surface area is 74.0 Å². The summed E-state index contributed by atoms with van der Waals surface area (Å²) in [6, 6.07) is 0. The monoisotopic (exact) mass is 192 g/mol. The van der Waals surface area contributed by atoms with Gasteiger partial charge in [0.15, 0.2) is 0 Å². The summed E-state index contributed by atoms with van der Waals surface area (Å²) < 4.78 is 0. The molecule has 11 heavy (non-hydrogen) atoms. The van der Waals surface area contributed by atoms with Crippen LogP contribution in [0.15, 0.2) is 23.1 Å². The van der Waals surface area contributed by atoms with Gasteiger partial charge < -0.3 is 10.6 Å². The quantitative estimate of drug-likeness (QED) is 0.606. The maximum absolute atomic E-state index is 10.9. The summed E-state index contributed by atoms with van der Waals surface area (Å²) in [6.45, 7) is 3.50. The van der Waals surface area contributed by atoms with Crippen molar-refractivity contribution in [2.75, 3.05) is 5.88 Å². The van der Waals surface area contributed by atoms with Crippen molar-refractivity contribution in [2.24, 2.45) is 0 Å². The van der Waals surface area contributed by atoms with Crippen molar-refractivity contribution in [1.29, 1.82) is 0 Å². The van der Waals surface area contributed by atoms with Crippen LogP contribution in [0.25, 0.3) is 0 Å². The predicted octanol–water partition coefficient (Wildman–Crippen LogP) is 0.866. The second-order valence-corrected chi connectivity index (χ2v) is 2.63. The molecule has 0 fully saturated rings. The molecular weight excluding hydrogens is 187 g/mol. The van der Waals surface area contributed by atoms with Gasteiger partial charge in [-0.1, -0.05) is 18.2 Å². The van der Waals surface area contributed by atoms with Crippen LogP contribution in [0.4, 0.5) is 0 Å². The summed E-state index contributed by atoms with van der Waals surface area (Å²) in [5.74, 6) is 0.201. The molecule has 0 atom stereocenters. The zero-order valence-corrected chi connectivity index (χ0v) is 7.09. The highest BCUT2D eigenvalue weighted by atomic mass is 35.5. The number of nitrogens with one attached hydrogen (secondary N) is 2. The summed E-state index contributed by atoms with van der Waals surface area (Å²) >= 11 is 11.1. The molecular formula is C6H6Cl2N2O. The third-order valence-electron chi connectivity index (χ3n) is 1.16. The summed E-state index contributed by atoms with van der Waals surface area (Å²) in [5, 5.41) is 5.23. The molecule has 0 aromatic carbocycles. The Bertz CT molecular complexity index is 247. The van der Waals surface area contributed by atoms with Crippen molar-refractivity contribution in [1.82, 2.24) is 10.6 Å². The standard InChI is InChI=1S/C6H6Cl2N2O/c1-3-9-4(2-7)5(8)6(11)10-3/h9H,1-2H2,(H,10,11). The van der Waals surface area contributed by atoms with E-state index in [4.69, 9.17) is 23.2 Å². The molecule has 0 aromatic heterocycles. The maximum Gasteiger partial charge on any atom is 0.270 e. The van der Waals surface area contributed by atoms with E-state index in [1.165, 1.54) is 0 Å². The van der Waals surface area contributed by atoms with Crippen LogP contribution in [0.2, 0.25) is 0 Å². The van der Waals surface area contributed by atoms with Gasteiger partial charge in [-0.15, -0.1) is 11.6 Å². The van der Waals surface area contributed by atoms with Gasteiger partial charge in [0.05, 0.1) is 11.6 Å². The molecule has 0 saturated carbocycles. The van der Waals surface area contributed by atoms with E-state index in [-0.39, 0.29) is 16.8 Å².